The molecule has 3 rings (SSSR count). The molecule has 6 heteroatoms. The third-order valence-corrected chi connectivity index (χ3v) is 3.97. The first-order valence-corrected chi connectivity index (χ1v) is 8.16. The SMILES string of the molecule is CCOC(=O)C(N)Cc1c(-c2cccc(OC)c2)nc2ccccn12. The molecule has 0 aliphatic carbocycles. The Morgan fingerprint density at radius 1 is 1.28 bits per heavy atom. The van der Waals surface area contributed by atoms with E-state index in [-0.39, 0.29) is 0 Å². The molecule has 0 spiro atoms. The van der Waals surface area contributed by atoms with Crippen LogP contribution in [-0.4, -0.2) is 35.1 Å². The van der Waals surface area contributed by atoms with Crippen molar-refractivity contribution in [2.24, 2.45) is 5.73 Å². The lowest BCUT2D eigenvalue weighted by Crippen LogP contribution is -2.34. The number of fused-ring (bicyclic) bond motifs is 1. The summed E-state index contributed by atoms with van der Waals surface area (Å²) in [6.07, 6.45) is 2.25. The van der Waals surface area contributed by atoms with Gasteiger partial charge < -0.3 is 19.6 Å². The molecule has 1 unspecified atom stereocenters. The van der Waals surface area contributed by atoms with E-state index in [0.29, 0.717) is 13.0 Å². The van der Waals surface area contributed by atoms with Gasteiger partial charge in [0, 0.05) is 18.2 Å². The lowest BCUT2D eigenvalue weighted by Gasteiger charge is -2.12. The largest absolute Gasteiger partial charge is 0.497 e. The molecule has 3 aromatic rings. The molecule has 0 saturated heterocycles. The predicted molar refractivity (Wildman–Crippen MR) is 95.5 cm³/mol. The highest BCUT2D eigenvalue weighted by molar-refractivity contribution is 5.77. The number of esters is 1. The second-order valence-electron chi connectivity index (χ2n) is 5.63. The maximum atomic E-state index is 12.0. The van der Waals surface area contributed by atoms with E-state index < -0.39 is 12.0 Å². The Morgan fingerprint density at radius 2 is 2.12 bits per heavy atom. The molecule has 0 radical (unpaired) electrons. The first kappa shape index (κ1) is 17.0. The fourth-order valence-electron chi connectivity index (χ4n) is 2.78. The van der Waals surface area contributed by atoms with Gasteiger partial charge in [0.2, 0.25) is 0 Å². The number of rotatable bonds is 6. The van der Waals surface area contributed by atoms with Crippen LogP contribution in [-0.2, 0) is 16.0 Å². The summed E-state index contributed by atoms with van der Waals surface area (Å²) in [7, 11) is 1.63. The van der Waals surface area contributed by atoms with Crippen molar-refractivity contribution in [2.45, 2.75) is 19.4 Å². The summed E-state index contributed by atoms with van der Waals surface area (Å²) in [5.74, 6) is 0.333. The highest BCUT2D eigenvalue weighted by atomic mass is 16.5. The van der Waals surface area contributed by atoms with Gasteiger partial charge in [-0.1, -0.05) is 18.2 Å². The zero-order valence-corrected chi connectivity index (χ0v) is 14.3. The normalized spacial score (nSPS) is 12.1. The predicted octanol–water partition coefficient (Wildman–Crippen LogP) is 2.44. The number of carbonyl (C=O) groups excluding carboxylic acids is 1. The molecule has 0 bridgehead atoms. The van der Waals surface area contributed by atoms with Gasteiger partial charge in [-0.2, -0.15) is 0 Å². The van der Waals surface area contributed by atoms with E-state index in [9.17, 15) is 4.79 Å². The van der Waals surface area contributed by atoms with Crippen molar-refractivity contribution >= 4 is 11.6 Å². The topological polar surface area (TPSA) is 78.8 Å². The molecular formula is C19H21N3O3. The summed E-state index contributed by atoms with van der Waals surface area (Å²) < 4.78 is 12.3. The standard InChI is InChI=1S/C19H21N3O3/c1-3-25-19(23)15(20)12-16-18(13-7-6-8-14(11-13)24-2)21-17-9-4-5-10-22(16)17/h4-11,15H,3,12,20H2,1-2H3. The number of pyridine rings is 1. The molecular weight excluding hydrogens is 318 g/mol. The van der Waals surface area contributed by atoms with Gasteiger partial charge in [0.15, 0.2) is 0 Å². The van der Waals surface area contributed by atoms with Gasteiger partial charge in [0.25, 0.3) is 0 Å². The maximum Gasteiger partial charge on any atom is 0.323 e. The Balaban J connectivity index is 2.07. The van der Waals surface area contributed by atoms with Gasteiger partial charge >= 0.3 is 5.97 Å². The van der Waals surface area contributed by atoms with Crippen LogP contribution in [0.1, 0.15) is 12.6 Å². The van der Waals surface area contributed by atoms with E-state index >= 15 is 0 Å². The number of nitrogens with two attached hydrogens (primary N) is 1. The summed E-state index contributed by atoms with van der Waals surface area (Å²) >= 11 is 0. The Bertz CT molecular complexity index is 889. The minimum absolute atomic E-state index is 0.308. The minimum Gasteiger partial charge on any atom is -0.497 e. The fourth-order valence-corrected chi connectivity index (χ4v) is 2.78. The number of hydrogen-bond acceptors (Lipinski definition) is 5. The minimum atomic E-state index is -0.746. The monoisotopic (exact) mass is 339 g/mol. The number of ether oxygens (including phenoxy) is 2. The highest BCUT2D eigenvalue weighted by Crippen LogP contribution is 2.28. The Hall–Kier alpha value is -2.86. The van der Waals surface area contributed by atoms with Crippen LogP contribution in [0.3, 0.4) is 0 Å². The van der Waals surface area contributed by atoms with Gasteiger partial charge in [0.1, 0.15) is 17.4 Å². The number of benzene rings is 1. The van der Waals surface area contributed by atoms with E-state index in [0.717, 1.165) is 28.3 Å². The van der Waals surface area contributed by atoms with Crippen molar-refractivity contribution in [2.75, 3.05) is 13.7 Å². The smallest absolute Gasteiger partial charge is 0.323 e. The lowest BCUT2D eigenvalue weighted by atomic mass is 10.1. The highest BCUT2D eigenvalue weighted by Gasteiger charge is 2.21. The zero-order chi connectivity index (χ0) is 17.8. The molecule has 130 valence electrons. The van der Waals surface area contributed by atoms with Crippen LogP contribution in [0.2, 0.25) is 0 Å². The number of imidazole rings is 1. The van der Waals surface area contributed by atoms with E-state index in [1.54, 1.807) is 14.0 Å². The number of methoxy groups -OCH3 is 1. The molecule has 25 heavy (non-hydrogen) atoms. The first-order chi connectivity index (χ1) is 12.1. The van der Waals surface area contributed by atoms with Crippen LogP contribution < -0.4 is 10.5 Å². The van der Waals surface area contributed by atoms with Gasteiger partial charge in [-0.3, -0.25) is 4.79 Å². The maximum absolute atomic E-state index is 12.0. The Morgan fingerprint density at radius 3 is 2.88 bits per heavy atom. The molecule has 0 aliphatic heterocycles. The molecule has 6 nitrogen and oxygen atoms in total. The van der Waals surface area contributed by atoms with Crippen molar-refractivity contribution in [3.63, 3.8) is 0 Å². The van der Waals surface area contributed by atoms with Gasteiger partial charge in [0.05, 0.1) is 25.1 Å². The average molecular weight is 339 g/mol. The summed E-state index contributed by atoms with van der Waals surface area (Å²) in [6, 6.07) is 12.7. The molecule has 2 N–H and O–H groups in total. The number of nitrogens with zero attached hydrogens (tertiary/aromatic N) is 2. The number of aromatic nitrogens is 2. The van der Waals surface area contributed by atoms with Crippen LogP contribution in [0.5, 0.6) is 5.75 Å². The van der Waals surface area contributed by atoms with E-state index in [4.69, 9.17) is 20.2 Å². The molecule has 0 aliphatic rings. The van der Waals surface area contributed by atoms with Crippen LogP contribution in [0.15, 0.2) is 48.7 Å². The molecule has 2 aromatic heterocycles. The van der Waals surface area contributed by atoms with Crippen molar-refractivity contribution in [1.82, 2.24) is 9.38 Å². The van der Waals surface area contributed by atoms with Crippen LogP contribution >= 0.6 is 0 Å². The number of hydrogen-bond donors (Lipinski definition) is 1. The lowest BCUT2D eigenvalue weighted by molar-refractivity contribution is -0.144. The third-order valence-electron chi connectivity index (χ3n) is 3.97. The second-order valence-corrected chi connectivity index (χ2v) is 5.63. The van der Waals surface area contributed by atoms with E-state index in [1.807, 2.05) is 53.1 Å². The first-order valence-electron chi connectivity index (χ1n) is 8.16. The Labute approximate surface area is 146 Å². The van der Waals surface area contributed by atoms with Crippen molar-refractivity contribution in [3.05, 3.63) is 54.4 Å². The molecule has 0 fully saturated rings. The van der Waals surface area contributed by atoms with Crippen molar-refractivity contribution in [1.29, 1.82) is 0 Å². The van der Waals surface area contributed by atoms with Crippen LogP contribution in [0.25, 0.3) is 16.9 Å². The molecule has 0 amide bonds. The molecule has 0 saturated carbocycles. The summed E-state index contributed by atoms with van der Waals surface area (Å²) in [4.78, 5) is 16.7. The van der Waals surface area contributed by atoms with E-state index in [1.165, 1.54) is 0 Å². The van der Waals surface area contributed by atoms with E-state index in [2.05, 4.69) is 0 Å². The molecule has 2 heterocycles. The number of carbonyl (C=O) groups is 1. The summed E-state index contributed by atoms with van der Waals surface area (Å²) in [5, 5.41) is 0. The van der Waals surface area contributed by atoms with Gasteiger partial charge in [-0.25, -0.2) is 4.98 Å². The van der Waals surface area contributed by atoms with Crippen molar-refractivity contribution < 1.29 is 14.3 Å². The quantitative estimate of drug-likeness (QED) is 0.698. The van der Waals surface area contributed by atoms with Gasteiger partial charge in [-0.05, 0) is 31.2 Å². The molecule has 1 aromatic carbocycles. The summed E-state index contributed by atoms with van der Waals surface area (Å²) in [6.45, 7) is 2.07. The third kappa shape index (κ3) is 3.49. The van der Waals surface area contributed by atoms with Crippen LogP contribution in [0.4, 0.5) is 0 Å². The Kier molecular flexibility index (Phi) is 5.00. The van der Waals surface area contributed by atoms with Crippen molar-refractivity contribution in [3.8, 4) is 17.0 Å². The van der Waals surface area contributed by atoms with Crippen LogP contribution in [0, 0.1) is 0 Å². The molecule has 1 atom stereocenters. The van der Waals surface area contributed by atoms with Gasteiger partial charge in [-0.15, -0.1) is 0 Å². The zero-order valence-electron chi connectivity index (χ0n) is 14.3. The summed E-state index contributed by atoms with van der Waals surface area (Å²) in [5.41, 5.74) is 9.40. The average Bonchev–Trinajstić information content (AvgIpc) is 3.00. The fraction of sp³-hybridized carbons (Fsp3) is 0.263. The second kappa shape index (κ2) is 7.36.